The lowest BCUT2D eigenvalue weighted by Crippen LogP contribution is -2.27. The number of carbonyl (C=O) groups excluding carboxylic acids is 1. The molecule has 22 heavy (non-hydrogen) atoms. The molecule has 118 valence electrons. The number of nitrogens with one attached hydrogen (secondary N) is 1. The van der Waals surface area contributed by atoms with Crippen molar-refractivity contribution in [3.05, 3.63) is 36.4 Å². The summed E-state index contributed by atoms with van der Waals surface area (Å²) in [6.45, 7) is 9.88. The zero-order chi connectivity index (χ0) is 16.3. The molecule has 3 heteroatoms. The average molecular weight is 299 g/mol. The quantitative estimate of drug-likeness (QED) is 0.862. The Morgan fingerprint density at radius 3 is 2.36 bits per heavy atom. The van der Waals surface area contributed by atoms with E-state index in [9.17, 15) is 4.79 Å². The van der Waals surface area contributed by atoms with Crippen LogP contribution in [0.15, 0.2) is 36.4 Å². The van der Waals surface area contributed by atoms with Gasteiger partial charge in [0.25, 0.3) is 0 Å². The number of amides is 1. The van der Waals surface area contributed by atoms with Crippen molar-refractivity contribution in [1.82, 2.24) is 0 Å². The number of ether oxygens (including phenoxy) is 1. The van der Waals surface area contributed by atoms with E-state index in [1.165, 1.54) is 0 Å². The third-order valence-electron chi connectivity index (χ3n) is 3.72. The summed E-state index contributed by atoms with van der Waals surface area (Å²) in [6, 6.07) is 11.9. The van der Waals surface area contributed by atoms with Gasteiger partial charge < -0.3 is 10.1 Å². The van der Waals surface area contributed by atoms with Crippen LogP contribution in [0.1, 0.15) is 41.0 Å². The van der Waals surface area contributed by atoms with Gasteiger partial charge in [-0.25, -0.2) is 0 Å². The Morgan fingerprint density at radius 2 is 1.77 bits per heavy atom. The predicted octanol–water partition coefficient (Wildman–Crippen LogP) is 5.00. The first-order valence-electron chi connectivity index (χ1n) is 7.82. The summed E-state index contributed by atoms with van der Waals surface area (Å²) in [6.07, 6.45) is 1.12. The fourth-order valence-corrected chi connectivity index (χ4v) is 2.09. The number of benzene rings is 2. The number of rotatable bonds is 4. The molecule has 0 radical (unpaired) electrons. The highest BCUT2D eigenvalue weighted by atomic mass is 16.5. The van der Waals surface area contributed by atoms with Crippen molar-refractivity contribution in [2.75, 3.05) is 5.32 Å². The molecule has 1 amide bonds. The summed E-state index contributed by atoms with van der Waals surface area (Å²) in [5.74, 6) is 0.868. The molecule has 3 nitrogen and oxygen atoms in total. The minimum absolute atomic E-state index is 0.00764. The van der Waals surface area contributed by atoms with Crippen molar-refractivity contribution < 1.29 is 9.53 Å². The minimum atomic E-state index is -0.424. The van der Waals surface area contributed by atoms with Crippen molar-refractivity contribution in [2.45, 2.75) is 47.1 Å². The van der Waals surface area contributed by atoms with Crippen LogP contribution in [0.3, 0.4) is 0 Å². The summed E-state index contributed by atoms with van der Waals surface area (Å²) in [5, 5.41) is 5.05. The van der Waals surface area contributed by atoms with Gasteiger partial charge in [-0.3, -0.25) is 4.79 Å². The second-order valence-corrected chi connectivity index (χ2v) is 6.70. The van der Waals surface area contributed by atoms with E-state index >= 15 is 0 Å². The Hall–Kier alpha value is -2.03. The molecule has 0 saturated carbocycles. The van der Waals surface area contributed by atoms with Crippen molar-refractivity contribution in [3.63, 3.8) is 0 Å². The van der Waals surface area contributed by atoms with Gasteiger partial charge in [0, 0.05) is 21.9 Å². The zero-order valence-electron chi connectivity index (χ0n) is 14.1. The van der Waals surface area contributed by atoms with Crippen LogP contribution in [0.25, 0.3) is 10.8 Å². The van der Waals surface area contributed by atoms with Gasteiger partial charge in [0.15, 0.2) is 0 Å². The topological polar surface area (TPSA) is 38.3 Å². The number of carbonyl (C=O) groups is 1. The van der Waals surface area contributed by atoms with Gasteiger partial charge in [-0.2, -0.15) is 0 Å². The second kappa shape index (κ2) is 6.39. The van der Waals surface area contributed by atoms with Crippen molar-refractivity contribution in [1.29, 1.82) is 0 Å². The maximum absolute atomic E-state index is 12.2. The smallest absolute Gasteiger partial charge is 0.229 e. The van der Waals surface area contributed by atoms with Gasteiger partial charge in [0.2, 0.25) is 5.91 Å². The molecule has 1 atom stereocenters. The molecule has 0 saturated heterocycles. The summed E-state index contributed by atoms with van der Waals surface area (Å²) >= 11 is 0. The van der Waals surface area contributed by atoms with Gasteiger partial charge in [0.05, 0.1) is 6.10 Å². The van der Waals surface area contributed by atoms with Crippen LogP contribution >= 0.6 is 0 Å². The Balaban J connectivity index is 2.42. The molecule has 2 rings (SSSR count). The van der Waals surface area contributed by atoms with Crippen LogP contribution in [0, 0.1) is 5.41 Å². The van der Waals surface area contributed by atoms with Crippen LogP contribution < -0.4 is 10.1 Å². The normalized spacial score (nSPS) is 13.0. The minimum Gasteiger partial charge on any atom is -0.490 e. The maximum Gasteiger partial charge on any atom is 0.229 e. The van der Waals surface area contributed by atoms with Crippen molar-refractivity contribution in [2.24, 2.45) is 5.41 Å². The highest BCUT2D eigenvalue weighted by Gasteiger charge is 2.22. The van der Waals surface area contributed by atoms with Gasteiger partial charge >= 0.3 is 0 Å². The lowest BCUT2D eigenvalue weighted by molar-refractivity contribution is -0.123. The Morgan fingerprint density at radius 1 is 1.14 bits per heavy atom. The molecule has 2 aromatic rings. The summed E-state index contributed by atoms with van der Waals surface area (Å²) in [5.41, 5.74) is 0.402. The van der Waals surface area contributed by atoms with E-state index < -0.39 is 5.41 Å². The molecule has 0 bridgehead atoms. The summed E-state index contributed by atoms with van der Waals surface area (Å²) < 4.78 is 5.99. The average Bonchev–Trinajstić information content (AvgIpc) is 2.48. The first kappa shape index (κ1) is 16.3. The van der Waals surface area contributed by atoms with Gasteiger partial charge in [-0.1, -0.05) is 52.0 Å². The van der Waals surface area contributed by atoms with Crippen molar-refractivity contribution in [3.8, 4) is 5.75 Å². The first-order chi connectivity index (χ1) is 10.3. The molecule has 0 spiro atoms. The number of hydrogen-bond donors (Lipinski definition) is 1. The van der Waals surface area contributed by atoms with Gasteiger partial charge in [-0.05, 0) is 25.5 Å². The third-order valence-corrected chi connectivity index (χ3v) is 3.72. The molecule has 0 aliphatic rings. The Bertz CT molecular complexity index is 671. The SMILES string of the molecule is CC[C@@H](C)Oc1ccc(NC(=O)C(C)(C)C)c2ccccc12. The van der Waals surface area contributed by atoms with Crippen LogP contribution in [-0.4, -0.2) is 12.0 Å². The number of anilines is 1. The molecule has 2 aromatic carbocycles. The molecule has 0 aliphatic heterocycles. The fourth-order valence-electron chi connectivity index (χ4n) is 2.09. The van der Waals surface area contributed by atoms with Crippen LogP contribution in [-0.2, 0) is 4.79 Å². The van der Waals surface area contributed by atoms with E-state index in [1.54, 1.807) is 0 Å². The molecular formula is C19H25NO2. The molecule has 1 N–H and O–H groups in total. The molecule has 0 fully saturated rings. The standard InChI is InChI=1S/C19H25NO2/c1-6-13(2)22-17-12-11-16(20-18(21)19(3,4)5)14-9-7-8-10-15(14)17/h7-13H,6H2,1-5H3,(H,20,21)/t13-/m1/s1. The van der Waals surface area contributed by atoms with Gasteiger partial charge in [-0.15, -0.1) is 0 Å². The maximum atomic E-state index is 12.2. The zero-order valence-corrected chi connectivity index (χ0v) is 14.1. The van der Waals surface area contributed by atoms with E-state index in [-0.39, 0.29) is 12.0 Å². The monoisotopic (exact) mass is 299 g/mol. The third kappa shape index (κ3) is 3.59. The predicted molar refractivity (Wildman–Crippen MR) is 92.4 cm³/mol. The van der Waals surface area contributed by atoms with E-state index in [4.69, 9.17) is 4.74 Å². The lowest BCUT2D eigenvalue weighted by Gasteiger charge is -2.20. The van der Waals surface area contributed by atoms with Crippen LogP contribution in [0.2, 0.25) is 0 Å². The summed E-state index contributed by atoms with van der Waals surface area (Å²) in [7, 11) is 0. The Labute approximate surface area is 132 Å². The highest BCUT2D eigenvalue weighted by Crippen LogP contribution is 2.33. The second-order valence-electron chi connectivity index (χ2n) is 6.70. The largest absolute Gasteiger partial charge is 0.490 e. The summed E-state index contributed by atoms with van der Waals surface area (Å²) in [4.78, 5) is 12.2. The molecular weight excluding hydrogens is 274 g/mol. The first-order valence-corrected chi connectivity index (χ1v) is 7.82. The fraction of sp³-hybridized carbons (Fsp3) is 0.421. The van der Waals surface area contributed by atoms with E-state index in [0.29, 0.717) is 0 Å². The molecule has 0 aromatic heterocycles. The van der Waals surface area contributed by atoms with Crippen LogP contribution in [0.5, 0.6) is 5.75 Å². The van der Waals surface area contributed by atoms with Crippen molar-refractivity contribution >= 4 is 22.4 Å². The highest BCUT2D eigenvalue weighted by molar-refractivity contribution is 6.05. The number of fused-ring (bicyclic) bond motifs is 1. The molecule has 0 heterocycles. The van der Waals surface area contributed by atoms with E-state index in [0.717, 1.165) is 28.6 Å². The number of hydrogen-bond acceptors (Lipinski definition) is 2. The lowest BCUT2D eigenvalue weighted by atomic mass is 9.95. The molecule has 0 unspecified atom stereocenters. The van der Waals surface area contributed by atoms with E-state index in [2.05, 4.69) is 19.2 Å². The van der Waals surface area contributed by atoms with E-state index in [1.807, 2.05) is 57.2 Å². The Kier molecular flexibility index (Phi) is 4.74. The van der Waals surface area contributed by atoms with Crippen LogP contribution in [0.4, 0.5) is 5.69 Å². The molecule has 0 aliphatic carbocycles. The van der Waals surface area contributed by atoms with Gasteiger partial charge in [0.1, 0.15) is 5.75 Å².